The van der Waals surface area contributed by atoms with E-state index in [2.05, 4.69) is 242 Å². The molecule has 0 bridgehead atoms. The lowest BCUT2D eigenvalue weighted by atomic mass is 9.70. The fourth-order valence-electron chi connectivity index (χ4n) is 12.1. The highest BCUT2D eigenvalue weighted by molar-refractivity contribution is 7.26. The van der Waals surface area contributed by atoms with Gasteiger partial charge in [0.25, 0.3) is 0 Å². The van der Waals surface area contributed by atoms with E-state index in [1.165, 1.54) is 104 Å². The van der Waals surface area contributed by atoms with E-state index in [-0.39, 0.29) is 5.41 Å². The molecule has 11 aromatic rings. The highest BCUT2D eigenvalue weighted by Gasteiger charge is 2.51. The molecule has 1 spiro atoms. The van der Waals surface area contributed by atoms with E-state index < -0.39 is 5.41 Å². The normalized spacial score (nSPS) is 15.6. The average Bonchev–Trinajstić information content (AvgIpc) is 4.07. The molecule has 0 N–H and O–H groups in total. The van der Waals surface area contributed by atoms with Crippen molar-refractivity contribution < 1.29 is 0 Å². The Morgan fingerprint density at radius 2 is 0.831 bits per heavy atom. The van der Waals surface area contributed by atoms with Crippen LogP contribution in [0.3, 0.4) is 0 Å². The van der Waals surface area contributed by atoms with E-state index in [0.29, 0.717) is 0 Å². The van der Waals surface area contributed by atoms with Crippen molar-refractivity contribution in [3.63, 3.8) is 0 Å². The Morgan fingerprint density at radius 3 is 1.54 bits per heavy atom. The number of thiophene rings is 1. The van der Waals surface area contributed by atoms with Crippen LogP contribution >= 0.6 is 11.3 Å². The van der Waals surface area contributed by atoms with Crippen molar-refractivity contribution in [3.8, 4) is 44.5 Å². The number of hydrogen-bond acceptors (Lipinski definition) is 2. The summed E-state index contributed by atoms with van der Waals surface area (Å²) >= 11 is 1.89. The van der Waals surface area contributed by atoms with E-state index in [1.807, 2.05) is 11.3 Å². The Hall–Kier alpha value is -7.78. The van der Waals surface area contributed by atoms with E-state index in [0.717, 1.165) is 17.1 Å². The van der Waals surface area contributed by atoms with Gasteiger partial charge in [0.05, 0.1) is 5.41 Å². The van der Waals surface area contributed by atoms with Crippen LogP contribution in [0.1, 0.15) is 45.9 Å². The van der Waals surface area contributed by atoms with Gasteiger partial charge in [-0.05, 0) is 133 Å². The Morgan fingerprint density at radius 1 is 0.338 bits per heavy atom. The molecule has 3 aliphatic carbocycles. The standard InChI is InChI=1S/C63H41NS/c1-62(41-16-3-2-4-17-41)54-25-10-5-18-46(54)50-36-34-44(39-59(50)62)64(42-32-30-40(31-33-42)45-23-15-24-52-51-22-9-14-29-60(51)65-61(45)52)43-35-37-58-53(38-43)49-21-8-13-28-57(49)63(58)55-26-11-6-19-47(55)48-20-7-12-27-56(48)63/h2-39H,1H3. The van der Waals surface area contributed by atoms with Crippen LogP contribution in [0.4, 0.5) is 17.1 Å². The minimum absolute atomic E-state index is 0.325. The second kappa shape index (κ2) is 13.6. The molecule has 1 nitrogen and oxygen atoms in total. The van der Waals surface area contributed by atoms with E-state index in [1.54, 1.807) is 0 Å². The Labute approximate surface area is 383 Å². The zero-order chi connectivity index (χ0) is 42.9. The fraction of sp³-hybridized carbons (Fsp3) is 0.0476. The predicted octanol–water partition coefficient (Wildman–Crippen LogP) is 16.9. The smallest absolute Gasteiger partial charge is 0.0725 e. The first-order chi connectivity index (χ1) is 32.1. The van der Waals surface area contributed by atoms with Crippen LogP contribution in [-0.2, 0) is 10.8 Å². The molecule has 3 aliphatic rings. The third kappa shape index (κ3) is 4.92. The Balaban J connectivity index is 0.983. The lowest BCUT2D eigenvalue weighted by Crippen LogP contribution is -2.25. The van der Waals surface area contributed by atoms with Crippen LogP contribution < -0.4 is 4.90 Å². The van der Waals surface area contributed by atoms with Crippen molar-refractivity contribution in [1.29, 1.82) is 0 Å². The van der Waals surface area contributed by atoms with Gasteiger partial charge < -0.3 is 4.90 Å². The van der Waals surface area contributed by atoms with Crippen LogP contribution in [0.25, 0.3) is 64.7 Å². The van der Waals surface area contributed by atoms with Crippen molar-refractivity contribution in [2.24, 2.45) is 0 Å². The minimum atomic E-state index is -0.394. The number of benzene rings is 10. The molecule has 0 fully saturated rings. The van der Waals surface area contributed by atoms with E-state index in [4.69, 9.17) is 0 Å². The molecule has 0 amide bonds. The number of fused-ring (bicyclic) bond motifs is 16. The molecule has 1 heterocycles. The first kappa shape index (κ1) is 36.7. The van der Waals surface area contributed by atoms with Gasteiger partial charge in [0.15, 0.2) is 0 Å². The summed E-state index contributed by atoms with van der Waals surface area (Å²) in [7, 11) is 0. The summed E-state index contributed by atoms with van der Waals surface area (Å²) in [4.78, 5) is 2.49. The van der Waals surface area contributed by atoms with Crippen LogP contribution in [0, 0.1) is 0 Å². The van der Waals surface area contributed by atoms with Gasteiger partial charge >= 0.3 is 0 Å². The van der Waals surface area contributed by atoms with Gasteiger partial charge in [-0.15, -0.1) is 11.3 Å². The van der Waals surface area contributed by atoms with Crippen LogP contribution in [0.2, 0.25) is 0 Å². The van der Waals surface area contributed by atoms with Gasteiger partial charge in [-0.3, -0.25) is 0 Å². The number of rotatable bonds is 5. The molecule has 1 atom stereocenters. The summed E-state index contributed by atoms with van der Waals surface area (Å²) in [6.45, 7) is 2.41. The SMILES string of the molecule is CC1(c2ccccc2)c2ccccc2-c2ccc(N(c3ccc(-c4cccc5c4sc4ccccc45)cc3)c3ccc4c(c3)-c3ccccc3C43c4ccccc4-c4ccccc43)cc21. The lowest BCUT2D eigenvalue weighted by Gasteiger charge is -2.32. The molecular formula is C63H41NS. The monoisotopic (exact) mass is 843 g/mol. The molecule has 1 unspecified atom stereocenters. The van der Waals surface area contributed by atoms with Crippen molar-refractivity contribution >= 4 is 48.6 Å². The Bertz CT molecular complexity index is 3700. The first-order valence-electron chi connectivity index (χ1n) is 22.7. The van der Waals surface area contributed by atoms with Crippen molar-refractivity contribution in [2.75, 3.05) is 4.90 Å². The van der Waals surface area contributed by atoms with Crippen LogP contribution in [0.5, 0.6) is 0 Å². The number of anilines is 3. The Kier molecular flexibility index (Phi) is 7.68. The van der Waals surface area contributed by atoms with Gasteiger partial charge in [-0.25, -0.2) is 0 Å². The summed E-state index contributed by atoms with van der Waals surface area (Å²) < 4.78 is 2.65. The summed E-state index contributed by atoms with van der Waals surface area (Å²) in [5.41, 5.74) is 22.4. The zero-order valence-corrected chi connectivity index (χ0v) is 36.6. The zero-order valence-electron chi connectivity index (χ0n) is 35.8. The van der Waals surface area contributed by atoms with Gasteiger partial charge in [0.1, 0.15) is 0 Å². The lowest BCUT2D eigenvalue weighted by molar-refractivity contribution is 0.714. The maximum atomic E-state index is 2.49. The predicted molar refractivity (Wildman–Crippen MR) is 273 cm³/mol. The third-order valence-corrected chi connectivity index (χ3v) is 16.2. The van der Waals surface area contributed by atoms with Crippen LogP contribution in [-0.4, -0.2) is 0 Å². The van der Waals surface area contributed by atoms with Crippen molar-refractivity contribution in [3.05, 3.63) is 269 Å². The summed E-state index contributed by atoms with van der Waals surface area (Å²) in [5.74, 6) is 0. The quantitative estimate of drug-likeness (QED) is 0.167. The second-order valence-electron chi connectivity index (χ2n) is 18.0. The topological polar surface area (TPSA) is 3.24 Å². The number of hydrogen-bond donors (Lipinski definition) is 0. The largest absolute Gasteiger partial charge is 0.310 e. The molecule has 0 saturated heterocycles. The van der Waals surface area contributed by atoms with E-state index >= 15 is 0 Å². The maximum Gasteiger partial charge on any atom is 0.0725 e. The third-order valence-electron chi connectivity index (χ3n) is 15.0. The molecular weight excluding hydrogens is 803 g/mol. The summed E-state index contributed by atoms with van der Waals surface area (Å²) in [6, 6.07) is 86.6. The molecule has 65 heavy (non-hydrogen) atoms. The molecule has 0 saturated carbocycles. The van der Waals surface area contributed by atoms with Gasteiger partial charge in [0, 0.05) is 42.6 Å². The summed E-state index contributed by atoms with van der Waals surface area (Å²) in [5, 5.41) is 2.64. The van der Waals surface area contributed by atoms with E-state index in [9.17, 15) is 0 Å². The van der Waals surface area contributed by atoms with Crippen molar-refractivity contribution in [1.82, 2.24) is 0 Å². The summed E-state index contributed by atoms with van der Waals surface area (Å²) in [6.07, 6.45) is 0. The van der Waals surface area contributed by atoms with Gasteiger partial charge in [0.2, 0.25) is 0 Å². The first-order valence-corrected chi connectivity index (χ1v) is 23.5. The molecule has 2 heteroatoms. The highest BCUT2D eigenvalue weighted by atomic mass is 32.1. The molecule has 0 radical (unpaired) electrons. The van der Waals surface area contributed by atoms with Gasteiger partial charge in [-0.1, -0.05) is 188 Å². The average molecular weight is 844 g/mol. The molecule has 1 aromatic heterocycles. The molecule has 10 aromatic carbocycles. The second-order valence-corrected chi connectivity index (χ2v) is 19.1. The molecule has 14 rings (SSSR count). The molecule has 0 aliphatic heterocycles. The minimum Gasteiger partial charge on any atom is -0.310 e. The fourth-order valence-corrected chi connectivity index (χ4v) is 13.4. The van der Waals surface area contributed by atoms with Crippen molar-refractivity contribution in [2.45, 2.75) is 17.8 Å². The van der Waals surface area contributed by atoms with Gasteiger partial charge in [-0.2, -0.15) is 0 Å². The number of nitrogens with zero attached hydrogens (tertiary/aromatic N) is 1. The maximum absolute atomic E-state index is 2.49. The van der Waals surface area contributed by atoms with Crippen LogP contribution in [0.15, 0.2) is 231 Å². The molecule has 304 valence electrons. The highest BCUT2D eigenvalue weighted by Crippen LogP contribution is 2.63.